The molecule has 16 heavy (non-hydrogen) atoms. The summed E-state index contributed by atoms with van der Waals surface area (Å²) in [6.45, 7) is 3.85. The molecule has 0 atom stereocenters. The van der Waals surface area contributed by atoms with Crippen LogP contribution in [-0.2, 0) is 6.42 Å². The van der Waals surface area contributed by atoms with E-state index in [1.807, 2.05) is 11.8 Å². The summed E-state index contributed by atoms with van der Waals surface area (Å²) in [6.07, 6.45) is 7.59. The lowest BCUT2D eigenvalue weighted by atomic mass is 10.1. The molecule has 88 valence electrons. The normalized spacial score (nSPS) is 17.6. The van der Waals surface area contributed by atoms with Gasteiger partial charge in [-0.25, -0.2) is 0 Å². The molecule has 0 aliphatic carbocycles. The molecule has 2 rings (SSSR count). The van der Waals surface area contributed by atoms with Gasteiger partial charge in [0.1, 0.15) is 0 Å². The fraction of sp³-hybridized carbons (Fsp3) is 0.571. The predicted molar refractivity (Wildman–Crippen MR) is 72.2 cm³/mol. The van der Waals surface area contributed by atoms with Crippen molar-refractivity contribution in [2.24, 2.45) is 0 Å². The Hall–Kier alpha value is -0.470. The second-order valence-electron chi connectivity index (χ2n) is 4.46. The lowest BCUT2D eigenvalue weighted by Crippen LogP contribution is -2.31. The van der Waals surface area contributed by atoms with Crippen LogP contribution in [-0.4, -0.2) is 30.8 Å². The molecule has 0 saturated carbocycles. The number of rotatable bonds is 4. The van der Waals surface area contributed by atoms with Crippen LogP contribution in [0.25, 0.3) is 0 Å². The maximum atomic E-state index is 2.61. The van der Waals surface area contributed by atoms with Gasteiger partial charge in [-0.1, -0.05) is 24.6 Å². The quantitative estimate of drug-likeness (QED) is 0.736. The Morgan fingerprint density at radius 2 is 1.88 bits per heavy atom. The molecule has 1 fully saturated rings. The molecule has 1 aliphatic heterocycles. The summed E-state index contributed by atoms with van der Waals surface area (Å²) in [5.41, 5.74) is 1.51. The lowest BCUT2D eigenvalue weighted by Gasteiger charge is -2.26. The highest BCUT2D eigenvalue weighted by atomic mass is 32.2. The predicted octanol–water partition coefficient (Wildman–Crippen LogP) is 3.44. The van der Waals surface area contributed by atoms with Gasteiger partial charge >= 0.3 is 0 Å². The number of piperidine rings is 1. The highest BCUT2D eigenvalue weighted by Gasteiger charge is 2.10. The van der Waals surface area contributed by atoms with Crippen LogP contribution in [0, 0.1) is 0 Å². The van der Waals surface area contributed by atoms with E-state index >= 15 is 0 Å². The van der Waals surface area contributed by atoms with Gasteiger partial charge in [-0.3, -0.25) is 0 Å². The van der Waals surface area contributed by atoms with E-state index in [-0.39, 0.29) is 0 Å². The first-order chi connectivity index (χ1) is 7.90. The van der Waals surface area contributed by atoms with Crippen LogP contribution in [0.5, 0.6) is 0 Å². The zero-order valence-electron chi connectivity index (χ0n) is 10.1. The fourth-order valence-corrected chi connectivity index (χ4v) is 3.02. The number of thioether (sulfide) groups is 1. The summed E-state index contributed by atoms with van der Waals surface area (Å²) in [5.74, 6) is 0. The van der Waals surface area contributed by atoms with Crippen molar-refractivity contribution in [2.75, 3.05) is 25.9 Å². The van der Waals surface area contributed by atoms with E-state index in [2.05, 4.69) is 35.4 Å². The molecule has 1 aliphatic rings. The van der Waals surface area contributed by atoms with Crippen molar-refractivity contribution in [3.8, 4) is 0 Å². The first-order valence-electron chi connectivity index (χ1n) is 6.24. The third-order valence-corrected chi connectivity index (χ3v) is 4.18. The summed E-state index contributed by atoms with van der Waals surface area (Å²) in [6, 6.07) is 8.80. The highest BCUT2D eigenvalue weighted by molar-refractivity contribution is 7.98. The fourth-order valence-electron chi connectivity index (χ4n) is 2.37. The molecule has 0 radical (unpaired) electrons. The largest absolute Gasteiger partial charge is 0.303 e. The van der Waals surface area contributed by atoms with E-state index < -0.39 is 0 Å². The Morgan fingerprint density at radius 3 is 2.62 bits per heavy atom. The minimum Gasteiger partial charge on any atom is -0.303 e. The van der Waals surface area contributed by atoms with Crippen LogP contribution in [0.2, 0.25) is 0 Å². The zero-order chi connectivity index (χ0) is 11.2. The van der Waals surface area contributed by atoms with Crippen molar-refractivity contribution < 1.29 is 0 Å². The van der Waals surface area contributed by atoms with Gasteiger partial charge in [-0.2, -0.15) is 0 Å². The molecule has 0 N–H and O–H groups in total. The summed E-state index contributed by atoms with van der Waals surface area (Å²) >= 11 is 1.86. The average Bonchev–Trinajstić information content (AvgIpc) is 2.38. The lowest BCUT2D eigenvalue weighted by molar-refractivity contribution is 0.231. The second-order valence-corrected chi connectivity index (χ2v) is 5.31. The third kappa shape index (κ3) is 3.26. The average molecular weight is 235 g/mol. The van der Waals surface area contributed by atoms with Crippen LogP contribution < -0.4 is 0 Å². The molecular formula is C14H21NS. The molecule has 0 aromatic heterocycles. The molecule has 1 heterocycles. The SMILES string of the molecule is CSc1ccccc1CCN1CCCCC1. The van der Waals surface area contributed by atoms with Crippen molar-refractivity contribution in [1.82, 2.24) is 4.90 Å². The van der Waals surface area contributed by atoms with E-state index in [0.29, 0.717) is 0 Å². The minimum atomic E-state index is 1.21. The van der Waals surface area contributed by atoms with Crippen molar-refractivity contribution in [1.29, 1.82) is 0 Å². The van der Waals surface area contributed by atoms with Crippen LogP contribution in [0.4, 0.5) is 0 Å². The van der Waals surface area contributed by atoms with Gasteiger partial charge in [-0.05, 0) is 50.2 Å². The van der Waals surface area contributed by atoms with E-state index in [4.69, 9.17) is 0 Å². The summed E-state index contributed by atoms with van der Waals surface area (Å²) < 4.78 is 0. The zero-order valence-corrected chi connectivity index (χ0v) is 10.9. The summed E-state index contributed by atoms with van der Waals surface area (Å²) in [4.78, 5) is 4.06. The Bertz CT molecular complexity index is 318. The van der Waals surface area contributed by atoms with Gasteiger partial charge < -0.3 is 4.90 Å². The van der Waals surface area contributed by atoms with Gasteiger partial charge in [0.2, 0.25) is 0 Å². The topological polar surface area (TPSA) is 3.24 Å². The van der Waals surface area contributed by atoms with Crippen molar-refractivity contribution in [3.63, 3.8) is 0 Å². The van der Waals surface area contributed by atoms with Gasteiger partial charge in [-0.15, -0.1) is 11.8 Å². The van der Waals surface area contributed by atoms with E-state index in [9.17, 15) is 0 Å². The van der Waals surface area contributed by atoms with Gasteiger partial charge in [0.05, 0.1) is 0 Å². The standard InChI is InChI=1S/C14H21NS/c1-16-14-8-4-3-7-13(14)9-12-15-10-5-2-6-11-15/h3-4,7-8H,2,5-6,9-12H2,1H3. The van der Waals surface area contributed by atoms with Gasteiger partial charge in [0, 0.05) is 11.4 Å². The summed E-state index contributed by atoms with van der Waals surface area (Å²) in [7, 11) is 0. The molecule has 1 aromatic rings. The second kappa shape index (κ2) is 6.31. The highest BCUT2D eigenvalue weighted by Crippen LogP contribution is 2.20. The van der Waals surface area contributed by atoms with Gasteiger partial charge in [0.25, 0.3) is 0 Å². The first-order valence-corrected chi connectivity index (χ1v) is 7.47. The number of benzene rings is 1. The van der Waals surface area contributed by atoms with E-state index in [1.165, 1.54) is 55.8 Å². The van der Waals surface area contributed by atoms with Crippen LogP contribution in [0.15, 0.2) is 29.2 Å². The van der Waals surface area contributed by atoms with Crippen LogP contribution in [0.3, 0.4) is 0 Å². The maximum absolute atomic E-state index is 2.61. The van der Waals surface area contributed by atoms with Gasteiger partial charge in [0.15, 0.2) is 0 Å². The monoisotopic (exact) mass is 235 g/mol. The maximum Gasteiger partial charge on any atom is 0.0102 e. The first kappa shape index (κ1) is 12.0. The molecule has 1 saturated heterocycles. The number of hydrogen-bond acceptors (Lipinski definition) is 2. The van der Waals surface area contributed by atoms with Crippen molar-refractivity contribution in [3.05, 3.63) is 29.8 Å². The van der Waals surface area contributed by atoms with Crippen LogP contribution >= 0.6 is 11.8 Å². The molecule has 0 bridgehead atoms. The molecule has 1 aromatic carbocycles. The van der Waals surface area contributed by atoms with Crippen molar-refractivity contribution in [2.45, 2.75) is 30.6 Å². The van der Waals surface area contributed by atoms with Crippen LogP contribution in [0.1, 0.15) is 24.8 Å². The molecular weight excluding hydrogens is 214 g/mol. The molecule has 1 nitrogen and oxygen atoms in total. The van der Waals surface area contributed by atoms with E-state index in [0.717, 1.165) is 0 Å². The number of likely N-dealkylation sites (tertiary alicyclic amines) is 1. The Balaban J connectivity index is 1.88. The molecule has 2 heteroatoms. The smallest absolute Gasteiger partial charge is 0.0102 e. The molecule has 0 unspecified atom stereocenters. The summed E-state index contributed by atoms with van der Waals surface area (Å²) in [5, 5.41) is 0. The van der Waals surface area contributed by atoms with Crippen molar-refractivity contribution >= 4 is 11.8 Å². The third-order valence-electron chi connectivity index (χ3n) is 3.34. The molecule has 0 spiro atoms. The number of hydrogen-bond donors (Lipinski definition) is 0. The number of nitrogens with zero attached hydrogens (tertiary/aromatic N) is 1. The Morgan fingerprint density at radius 1 is 1.12 bits per heavy atom. The minimum absolute atomic E-state index is 1.21. The molecule has 0 amide bonds. The Labute approximate surface area is 103 Å². The van der Waals surface area contributed by atoms with E-state index in [1.54, 1.807) is 0 Å². The Kier molecular flexibility index (Phi) is 4.73.